The van der Waals surface area contributed by atoms with E-state index in [0.29, 0.717) is 55.1 Å². The third-order valence-electron chi connectivity index (χ3n) is 5.07. The Hall–Kier alpha value is -3.61. The van der Waals surface area contributed by atoms with E-state index in [-0.39, 0.29) is 17.9 Å². The Bertz CT molecular complexity index is 981. The van der Waals surface area contributed by atoms with E-state index in [2.05, 4.69) is 10.3 Å². The summed E-state index contributed by atoms with van der Waals surface area (Å²) in [5.41, 5.74) is 1.08. The fourth-order valence-corrected chi connectivity index (χ4v) is 3.46. The first-order valence-corrected chi connectivity index (χ1v) is 9.96. The topological polar surface area (TPSA) is 84.7 Å². The van der Waals surface area contributed by atoms with E-state index >= 15 is 0 Å². The van der Waals surface area contributed by atoms with Gasteiger partial charge < -0.3 is 19.4 Å². The van der Waals surface area contributed by atoms with E-state index in [1.54, 1.807) is 49.0 Å². The standard InChI is InChI=1S/C23H23N3O4/c27-22(25-16-19-6-4-14-29-19)20-7-1-2-8-21(20)30-18-9-12-26(13-10-18)23(28)17-5-3-11-24-15-17/h1-8,11,14-15,18H,9-10,12-13,16H2,(H,25,27). The summed E-state index contributed by atoms with van der Waals surface area (Å²) in [5, 5.41) is 2.85. The summed E-state index contributed by atoms with van der Waals surface area (Å²) in [5.74, 6) is 1.00. The maximum Gasteiger partial charge on any atom is 0.255 e. The van der Waals surface area contributed by atoms with Crippen LogP contribution in [0.2, 0.25) is 0 Å². The van der Waals surface area contributed by atoms with Crippen molar-refractivity contribution >= 4 is 11.8 Å². The van der Waals surface area contributed by atoms with Crippen LogP contribution in [0.25, 0.3) is 0 Å². The molecule has 1 saturated heterocycles. The molecule has 7 nitrogen and oxygen atoms in total. The number of para-hydroxylation sites is 1. The van der Waals surface area contributed by atoms with Crippen LogP contribution in [0.15, 0.2) is 71.6 Å². The largest absolute Gasteiger partial charge is 0.489 e. The first-order chi connectivity index (χ1) is 14.7. The zero-order valence-corrected chi connectivity index (χ0v) is 16.5. The number of ether oxygens (including phenoxy) is 1. The van der Waals surface area contributed by atoms with E-state index in [0.717, 1.165) is 0 Å². The lowest BCUT2D eigenvalue weighted by atomic mass is 10.1. The Balaban J connectivity index is 1.34. The molecule has 0 saturated carbocycles. The maximum atomic E-state index is 12.6. The average Bonchev–Trinajstić information content (AvgIpc) is 3.32. The summed E-state index contributed by atoms with van der Waals surface area (Å²) in [7, 11) is 0. The number of rotatable bonds is 6. The van der Waals surface area contributed by atoms with Gasteiger partial charge in [-0.3, -0.25) is 14.6 Å². The number of pyridine rings is 1. The molecule has 0 atom stereocenters. The molecule has 1 fully saturated rings. The second kappa shape index (κ2) is 9.26. The van der Waals surface area contributed by atoms with E-state index < -0.39 is 0 Å². The number of furan rings is 1. The Labute approximate surface area is 174 Å². The fourth-order valence-electron chi connectivity index (χ4n) is 3.46. The molecule has 0 radical (unpaired) electrons. The van der Waals surface area contributed by atoms with E-state index in [1.165, 1.54) is 0 Å². The molecular formula is C23H23N3O4. The zero-order chi connectivity index (χ0) is 20.8. The SMILES string of the molecule is O=C(NCc1ccco1)c1ccccc1OC1CCN(C(=O)c2cccnc2)CC1. The predicted octanol–water partition coefficient (Wildman–Crippen LogP) is 3.29. The molecular weight excluding hydrogens is 382 g/mol. The number of carbonyl (C=O) groups is 2. The smallest absolute Gasteiger partial charge is 0.255 e. The minimum absolute atomic E-state index is 0.0146. The number of likely N-dealkylation sites (tertiary alicyclic amines) is 1. The number of nitrogens with zero attached hydrogens (tertiary/aromatic N) is 2. The predicted molar refractivity (Wildman–Crippen MR) is 110 cm³/mol. The fraction of sp³-hybridized carbons (Fsp3) is 0.261. The van der Waals surface area contributed by atoms with Crippen molar-refractivity contribution in [3.05, 3.63) is 84.1 Å². The second-order valence-electron chi connectivity index (χ2n) is 7.11. The van der Waals surface area contributed by atoms with Crippen molar-refractivity contribution in [1.29, 1.82) is 0 Å². The van der Waals surface area contributed by atoms with Gasteiger partial charge in [-0.2, -0.15) is 0 Å². The van der Waals surface area contributed by atoms with Crippen LogP contribution in [-0.2, 0) is 6.54 Å². The van der Waals surface area contributed by atoms with Gasteiger partial charge in [-0.15, -0.1) is 0 Å². The van der Waals surface area contributed by atoms with Gasteiger partial charge in [0.25, 0.3) is 11.8 Å². The second-order valence-corrected chi connectivity index (χ2v) is 7.11. The van der Waals surface area contributed by atoms with E-state index in [1.807, 2.05) is 23.1 Å². The highest BCUT2D eigenvalue weighted by Crippen LogP contribution is 2.24. The Morgan fingerprint density at radius 3 is 2.67 bits per heavy atom. The number of hydrogen-bond acceptors (Lipinski definition) is 5. The molecule has 2 amide bonds. The van der Waals surface area contributed by atoms with Crippen molar-refractivity contribution < 1.29 is 18.7 Å². The molecule has 0 unspecified atom stereocenters. The Kier molecular flexibility index (Phi) is 6.08. The molecule has 4 rings (SSSR count). The average molecular weight is 405 g/mol. The number of aromatic nitrogens is 1. The third kappa shape index (κ3) is 4.68. The first kappa shape index (κ1) is 19.7. The van der Waals surface area contributed by atoms with Gasteiger partial charge in [0.05, 0.1) is 23.9 Å². The molecule has 1 aliphatic rings. The van der Waals surface area contributed by atoms with Crippen molar-refractivity contribution in [3.63, 3.8) is 0 Å². The first-order valence-electron chi connectivity index (χ1n) is 9.96. The molecule has 0 spiro atoms. The minimum atomic E-state index is -0.216. The minimum Gasteiger partial charge on any atom is -0.489 e. The molecule has 1 aromatic carbocycles. The molecule has 0 bridgehead atoms. The van der Waals surface area contributed by atoms with Gasteiger partial charge in [0.1, 0.15) is 17.6 Å². The number of nitrogens with one attached hydrogen (secondary N) is 1. The number of amides is 2. The summed E-state index contributed by atoms with van der Waals surface area (Å²) in [4.78, 5) is 31.0. The summed E-state index contributed by atoms with van der Waals surface area (Å²) in [6.07, 6.45) is 6.16. The number of hydrogen-bond donors (Lipinski definition) is 1. The Morgan fingerprint density at radius 1 is 1.10 bits per heavy atom. The summed E-state index contributed by atoms with van der Waals surface area (Å²) in [6, 6.07) is 14.3. The summed E-state index contributed by atoms with van der Waals surface area (Å²) in [6.45, 7) is 1.52. The van der Waals surface area contributed by atoms with Gasteiger partial charge in [0, 0.05) is 38.3 Å². The zero-order valence-electron chi connectivity index (χ0n) is 16.5. The third-order valence-corrected chi connectivity index (χ3v) is 5.07. The highest BCUT2D eigenvalue weighted by atomic mass is 16.5. The van der Waals surface area contributed by atoms with Gasteiger partial charge in [0.2, 0.25) is 0 Å². The van der Waals surface area contributed by atoms with Crippen LogP contribution in [0.5, 0.6) is 5.75 Å². The Morgan fingerprint density at radius 2 is 1.93 bits per heavy atom. The maximum absolute atomic E-state index is 12.6. The molecule has 0 aliphatic carbocycles. The van der Waals surface area contributed by atoms with E-state index in [4.69, 9.17) is 9.15 Å². The molecule has 1 N–H and O–H groups in total. The van der Waals surface area contributed by atoms with Gasteiger partial charge in [-0.25, -0.2) is 0 Å². The van der Waals surface area contributed by atoms with Crippen LogP contribution >= 0.6 is 0 Å². The van der Waals surface area contributed by atoms with Crippen LogP contribution in [0.4, 0.5) is 0 Å². The summed E-state index contributed by atoms with van der Waals surface area (Å²) >= 11 is 0. The molecule has 3 heterocycles. The van der Waals surface area contributed by atoms with Gasteiger partial charge in [-0.1, -0.05) is 12.1 Å². The van der Waals surface area contributed by atoms with E-state index in [9.17, 15) is 9.59 Å². The van der Waals surface area contributed by atoms with Crippen LogP contribution in [-0.4, -0.2) is 40.9 Å². The van der Waals surface area contributed by atoms with Crippen LogP contribution in [0, 0.1) is 0 Å². The van der Waals surface area contributed by atoms with Crippen molar-refractivity contribution in [3.8, 4) is 5.75 Å². The van der Waals surface area contributed by atoms with Gasteiger partial charge >= 0.3 is 0 Å². The van der Waals surface area contributed by atoms with Crippen molar-refractivity contribution in [2.24, 2.45) is 0 Å². The molecule has 2 aromatic heterocycles. The van der Waals surface area contributed by atoms with Crippen molar-refractivity contribution in [1.82, 2.24) is 15.2 Å². The lowest BCUT2D eigenvalue weighted by Gasteiger charge is -2.32. The van der Waals surface area contributed by atoms with Gasteiger partial charge in [-0.05, 0) is 36.4 Å². The quantitative estimate of drug-likeness (QED) is 0.680. The molecule has 1 aliphatic heterocycles. The van der Waals surface area contributed by atoms with Crippen molar-refractivity contribution in [2.75, 3.05) is 13.1 Å². The molecule has 3 aromatic rings. The summed E-state index contributed by atoms with van der Waals surface area (Å²) < 4.78 is 11.4. The number of piperidine rings is 1. The van der Waals surface area contributed by atoms with Gasteiger partial charge in [0.15, 0.2) is 0 Å². The number of carbonyl (C=O) groups excluding carboxylic acids is 2. The molecule has 30 heavy (non-hydrogen) atoms. The van der Waals surface area contributed by atoms with Crippen LogP contribution < -0.4 is 10.1 Å². The van der Waals surface area contributed by atoms with Crippen LogP contribution in [0.3, 0.4) is 0 Å². The van der Waals surface area contributed by atoms with Crippen molar-refractivity contribution in [2.45, 2.75) is 25.5 Å². The normalized spacial score (nSPS) is 14.3. The lowest BCUT2D eigenvalue weighted by molar-refractivity contribution is 0.0593. The molecule has 154 valence electrons. The highest BCUT2D eigenvalue weighted by molar-refractivity contribution is 5.96. The monoisotopic (exact) mass is 405 g/mol. The molecule has 7 heteroatoms. The van der Waals surface area contributed by atoms with Crippen LogP contribution in [0.1, 0.15) is 39.3 Å². The lowest BCUT2D eigenvalue weighted by Crippen LogP contribution is -2.42. The number of benzene rings is 1. The highest BCUT2D eigenvalue weighted by Gasteiger charge is 2.26.